The lowest BCUT2D eigenvalue weighted by Crippen LogP contribution is -2.06. The molecule has 0 fully saturated rings. The summed E-state index contributed by atoms with van der Waals surface area (Å²) in [5.41, 5.74) is 4.35. The fourth-order valence-corrected chi connectivity index (χ4v) is 1.90. The van der Waals surface area contributed by atoms with Gasteiger partial charge in [-0.25, -0.2) is 0 Å². The summed E-state index contributed by atoms with van der Waals surface area (Å²) in [4.78, 5) is 11.8. The SMILES string of the molecule is Cc1ccc(C)c(C(=O)CCP)c1C. The van der Waals surface area contributed by atoms with Crippen LogP contribution in [0.4, 0.5) is 0 Å². The first-order valence-corrected chi connectivity index (χ1v) is 5.69. The van der Waals surface area contributed by atoms with E-state index in [2.05, 4.69) is 15.3 Å². The highest BCUT2D eigenvalue weighted by atomic mass is 31.0. The number of rotatable bonds is 3. The molecule has 1 atom stereocenters. The summed E-state index contributed by atoms with van der Waals surface area (Å²) in [5.74, 6) is 0.263. The van der Waals surface area contributed by atoms with E-state index in [0.29, 0.717) is 6.42 Å². The Morgan fingerprint density at radius 1 is 1.21 bits per heavy atom. The summed E-state index contributed by atoms with van der Waals surface area (Å²) >= 11 is 0. The van der Waals surface area contributed by atoms with Crippen LogP contribution in [0.1, 0.15) is 33.5 Å². The third kappa shape index (κ3) is 2.22. The van der Waals surface area contributed by atoms with E-state index in [1.807, 2.05) is 26.8 Å². The Bertz CT molecular complexity index is 356. The van der Waals surface area contributed by atoms with Crippen molar-refractivity contribution in [1.29, 1.82) is 0 Å². The molecule has 14 heavy (non-hydrogen) atoms. The molecule has 1 nitrogen and oxygen atoms in total. The van der Waals surface area contributed by atoms with E-state index in [4.69, 9.17) is 0 Å². The molecule has 0 saturated carbocycles. The highest BCUT2D eigenvalue weighted by Gasteiger charge is 2.12. The van der Waals surface area contributed by atoms with Crippen molar-refractivity contribution in [3.8, 4) is 0 Å². The number of hydrogen-bond acceptors (Lipinski definition) is 1. The van der Waals surface area contributed by atoms with Crippen LogP contribution in [0.15, 0.2) is 12.1 Å². The summed E-state index contributed by atoms with van der Waals surface area (Å²) in [6.45, 7) is 6.08. The van der Waals surface area contributed by atoms with Crippen LogP contribution < -0.4 is 0 Å². The number of benzene rings is 1. The van der Waals surface area contributed by atoms with Crippen LogP contribution in [0, 0.1) is 20.8 Å². The molecule has 0 amide bonds. The van der Waals surface area contributed by atoms with Gasteiger partial charge in [0.25, 0.3) is 0 Å². The van der Waals surface area contributed by atoms with E-state index in [1.54, 1.807) is 0 Å². The minimum absolute atomic E-state index is 0.263. The molecule has 0 radical (unpaired) electrons. The number of carbonyl (C=O) groups is 1. The van der Waals surface area contributed by atoms with Crippen molar-refractivity contribution < 1.29 is 4.79 Å². The first kappa shape index (κ1) is 11.4. The monoisotopic (exact) mass is 208 g/mol. The third-order valence-corrected chi connectivity index (χ3v) is 2.88. The fraction of sp³-hybridized carbons (Fsp3) is 0.417. The van der Waals surface area contributed by atoms with Crippen molar-refractivity contribution >= 4 is 15.0 Å². The molecule has 1 rings (SSSR count). The average molecular weight is 208 g/mol. The van der Waals surface area contributed by atoms with Crippen LogP contribution in [-0.4, -0.2) is 11.9 Å². The zero-order valence-electron chi connectivity index (χ0n) is 9.05. The Balaban J connectivity index is 3.18. The van der Waals surface area contributed by atoms with Crippen LogP contribution in [0.3, 0.4) is 0 Å². The van der Waals surface area contributed by atoms with Gasteiger partial charge in [-0.2, -0.15) is 0 Å². The Kier molecular flexibility index (Phi) is 3.83. The summed E-state index contributed by atoms with van der Waals surface area (Å²) in [5, 5.41) is 0. The zero-order valence-corrected chi connectivity index (χ0v) is 10.2. The quantitative estimate of drug-likeness (QED) is 0.551. The maximum Gasteiger partial charge on any atom is 0.163 e. The van der Waals surface area contributed by atoms with Gasteiger partial charge < -0.3 is 0 Å². The number of carbonyl (C=O) groups excluding carboxylic acids is 1. The van der Waals surface area contributed by atoms with Gasteiger partial charge in [-0.05, 0) is 43.6 Å². The van der Waals surface area contributed by atoms with Crippen molar-refractivity contribution in [2.75, 3.05) is 6.16 Å². The van der Waals surface area contributed by atoms with Crippen molar-refractivity contribution in [1.82, 2.24) is 0 Å². The van der Waals surface area contributed by atoms with Gasteiger partial charge in [0.1, 0.15) is 0 Å². The van der Waals surface area contributed by atoms with E-state index in [9.17, 15) is 4.79 Å². The average Bonchev–Trinajstić information content (AvgIpc) is 2.13. The maximum absolute atomic E-state index is 11.8. The number of Topliss-reactive ketones (excluding diaryl/α,β-unsaturated/α-hetero) is 1. The Labute approximate surface area is 88.1 Å². The predicted octanol–water partition coefficient (Wildman–Crippen LogP) is 3.06. The van der Waals surface area contributed by atoms with Crippen LogP contribution >= 0.6 is 9.24 Å². The smallest absolute Gasteiger partial charge is 0.163 e. The van der Waals surface area contributed by atoms with Crippen molar-refractivity contribution in [2.45, 2.75) is 27.2 Å². The van der Waals surface area contributed by atoms with Crippen LogP contribution in [0.5, 0.6) is 0 Å². The Morgan fingerprint density at radius 3 is 2.36 bits per heavy atom. The third-order valence-electron chi connectivity index (χ3n) is 2.59. The molecular weight excluding hydrogens is 191 g/mol. The Hall–Kier alpha value is -0.680. The lowest BCUT2D eigenvalue weighted by Gasteiger charge is -2.10. The molecule has 2 heteroatoms. The van der Waals surface area contributed by atoms with Gasteiger partial charge >= 0.3 is 0 Å². The predicted molar refractivity (Wildman–Crippen MR) is 64.2 cm³/mol. The van der Waals surface area contributed by atoms with Gasteiger partial charge in [0.05, 0.1) is 0 Å². The van der Waals surface area contributed by atoms with Crippen molar-refractivity contribution in [3.05, 3.63) is 34.4 Å². The molecule has 0 heterocycles. The first-order chi connectivity index (χ1) is 6.57. The largest absolute Gasteiger partial charge is 0.294 e. The Morgan fingerprint density at radius 2 is 1.79 bits per heavy atom. The van der Waals surface area contributed by atoms with Gasteiger partial charge in [-0.15, -0.1) is 9.24 Å². The maximum atomic E-state index is 11.8. The van der Waals surface area contributed by atoms with E-state index in [1.165, 1.54) is 5.56 Å². The highest BCUT2D eigenvalue weighted by molar-refractivity contribution is 7.16. The second kappa shape index (κ2) is 4.70. The van der Waals surface area contributed by atoms with Crippen LogP contribution in [-0.2, 0) is 0 Å². The standard InChI is InChI=1S/C12H17OP/c1-8-4-5-9(2)12(10(8)3)11(13)6-7-14/h4-5H,6-7,14H2,1-3H3. The molecule has 1 aromatic rings. The van der Waals surface area contributed by atoms with Crippen molar-refractivity contribution in [2.24, 2.45) is 0 Å². The van der Waals surface area contributed by atoms with Gasteiger partial charge in [-0.3, -0.25) is 4.79 Å². The topological polar surface area (TPSA) is 17.1 Å². The van der Waals surface area contributed by atoms with Crippen LogP contribution in [0.2, 0.25) is 0 Å². The summed E-state index contributed by atoms with van der Waals surface area (Å²) in [6.07, 6.45) is 1.46. The summed E-state index contributed by atoms with van der Waals surface area (Å²) < 4.78 is 0. The zero-order chi connectivity index (χ0) is 10.7. The van der Waals surface area contributed by atoms with Gasteiger partial charge in [0.15, 0.2) is 5.78 Å². The second-order valence-corrected chi connectivity index (χ2v) is 4.24. The molecule has 0 aliphatic rings. The molecule has 1 unspecified atom stereocenters. The molecule has 0 aromatic heterocycles. The molecule has 0 bridgehead atoms. The number of ketones is 1. The fourth-order valence-electron chi connectivity index (χ4n) is 1.64. The number of aryl methyl sites for hydroxylation is 2. The van der Waals surface area contributed by atoms with E-state index in [-0.39, 0.29) is 5.78 Å². The summed E-state index contributed by atoms with van der Waals surface area (Å²) in [7, 11) is 2.60. The van der Waals surface area contributed by atoms with E-state index in [0.717, 1.165) is 22.9 Å². The normalized spacial score (nSPS) is 10.3. The van der Waals surface area contributed by atoms with Crippen LogP contribution in [0.25, 0.3) is 0 Å². The minimum atomic E-state index is 0.263. The van der Waals surface area contributed by atoms with E-state index < -0.39 is 0 Å². The molecular formula is C12H17OP. The molecule has 0 N–H and O–H groups in total. The molecule has 0 aliphatic carbocycles. The van der Waals surface area contributed by atoms with E-state index >= 15 is 0 Å². The van der Waals surface area contributed by atoms with Crippen molar-refractivity contribution in [3.63, 3.8) is 0 Å². The molecule has 0 spiro atoms. The first-order valence-electron chi connectivity index (χ1n) is 4.88. The highest BCUT2D eigenvalue weighted by Crippen LogP contribution is 2.19. The molecule has 1 aromatic carbocycles. The van der Waals surface area contributed by atoms with Gasteiger partial charge in [-0.1, -0.05) is 12.1 Å². The van der Waals surface area contributed by atoms with Gasteiger partial charge in [0, 0.05) is 12.0 Å². The summed E-state index contributed by atoms with van der Waals surface area (Å²) in [6, 6.07) is 4.10. The molecule has 76 valence electrons. The number of hydrogen-bond donors (Lipinski definition) is 0. The molecule has 0 saturated heterocycles. The molecule has 0 aliphatic heterocycles. The minimum Gasteiger partial charge on any atom is -0.294 e. The lowest BCUT2D eigenvalue weighted by molar-refractivity contribution is 0.0988. The van der Waals surface area contributed by atoms with Gasteiger partial charge in [0.2, 0.25) is 0 Å². The lowest BCUT2D eigenvalue weighted by atomic mass is 9.94. The second-order valence-electron chi connectivity index (χ2n) is 3.66.